The van der Waals surface area contributed by atoms with Gasteiger partial charge in [-0.25, -0.2) is 0 Å². The normalized spacial score (nSPS) is 35.2. The first-order valence-corrected chi connectivity index (χ1v) is 19.2. The molecular formula is C39H50Cl2N4O7. The number of hydrogen-bond acceptors (Lipinski definition) is 11. The number of benzene rings is 2. The number of piperazine rings is 1. The maximum Gasteiger partial charge on any atom is 0.323 e. The molecular weight excluding hydrogens is 707 g/mol. The van der Waals surface area contributed by atoms with E-state index in [2.05, 4.69) is 40.2 Å². The van der Waals surface area contributed by atoms with Gasteiger partial charge in [0.15, 0.2) is 18.4 Å². The van der Waals surface area contributed by atoms with E-state index >= 15 is 0 Å². The van der Waals surface area contributed by atoms with Crippen LogP contribution in [0.1, 0.15) is 52.5 Å². The Kier molecular flexibility index (Phi) is 10.4. The van der Waals surface area contributed by atoms with Gasteiger partial charge in [0, 0.05) is 75.3 Å². The zero-order chi connectivity index (χ0) is 37.1. The largest absolute Gasteiger partial charge is 0.454 e. The van der Waals surface area contributed by atoms with Gasteiger partial charge in [0.1, 0.15) is 17.2 Å². The molecule has 2 saturated heterocycles. The molecule has 10 atom stereocenters. The molecule has 0 radical (unpaired) electrons. The Morgan fingerprint density at radius 2 is 1.77 bits per heavy atom. The zero-order valence-corrected chi connectivity index (χ0v) is 31.9. The van der Waals surface area contributed by atoms with E-state index in [0.717, 1.165) is 56.2 Å². The van der Waals surface area contributed by atoms with E-state index < -0.39 is 47.6 Å². The van der Waals surface area contributed by atoms with Crippen LogP contribution in [-0.2, 0) is 29.5 Å². The molecule has 2 aliphatic carbocycles. The van der Waals surface area contributed by atoms with Crippen LogP contribution in [-0.4, -0.2) is 96.9 Å². The number of rotatable bonds is 7. The Hall–Kier alpha value is -2.90. The predicted molar refractivity (Wildman–Crippen MR) is 199 cm³/mol. The number of hydrogen-bond donors (Lipinski definition) is 3. The summed E-state index contributed by atoms with van der Waals surface area (Å²) in [4.78, 5) is 37.5. The van der Waals surface area contributed by atoms with Gasteiger partial charge in [-0.05, 0) is 73.4 Å². The molecule has 13 heteroatoms. The van der Waals surface area contributed by atoms with Gasteiger partial charge in [-0.15, -0.1) is 0 Å². The average molecular weight is 758 g/mol. The van der Waals surface area contributed by atoms with Crippen molar-refractivity contribution in [3.63, 3.8) is 0 Å². The van der Waals surface area contributed by atoms with Crippen LogP contribution >= 0.6 is 23.2 Å². The second kappa shape index (κ2) is 14.4. The Balaban J connectivity index is 1.10. The average Bonchev–Trinajstić information content (AvgIpc) is 3.45. The third-order valence-electron chi connectivity index (χ3n) is 12.3. The molecule has 7 rings (SSSR count). The molecule has 2 aromatic carbocycles. The Labute approximate surface area is 315 Å². The van der Waals surface area contributed by atoms with Crippen molar-refractivity contribution in [2.45, 2.75) is 82.6 Å². The summed E-state index contributed by atoms with van der Waals surface area (Å²) in [7, 11) is 1.69. The van der Waals surface area contributed by atoms with Gasteiger partial charge in [-0.1, -0.05) is 55.3 Å². The number of nitrogens with one attached hydrogen (secondary N) is 1. The summed E-state index contributed by atoms with van der Waals surface area (Å²) >= 11 is 12.6. The van der Waals surface area contributed by atoms with Crippen LogP contribution in [0.5, 0.6) is 0 Å². The second-order valence-corrected chi connectivity index (χ2v) is 16.4. The molecule has 1 saturated carbocycles. The molecule has 3 heterocycles. The Morgan fingerprint density at radius 3 is 2.46 bits per heavy atom. The lowest BCUT2D eigenvalue weighted by Crippen LogP contribution is -2.66. The predicted octanol–water partition coefficient (Wildman–Crippen LogP) is 4.91. The van der Waals surface area contributed by atoms with Gasteiger partial charge < -0.3 is 24.6 Å². The highest BCUT2D eigenvalue weighted by Crippen LogP contribution is 2.53. The summed E-state index contributed by atoms with van der Waals surface area (Å²) in [5.74, 6) is -1.45. The number of ether oxygens (including phenoxy) is 2. The number of para-hydroxylation sites is 1. The molecule has 2 aromatic rings. The van der Waals surface area contributed by atoms with Gasteiger partial charge in [-0.3, -0.25) is 29.7 Å². The molecule has 0 amide bonds. The molecule has 3 fully saturated rings. The second-order valence-electron chi connectivity index (χ2n) is 15.6. The van der Waals surface area contributed by atoms with Crippen LogP contribution in [0.2, 0.25) is 10.0 Å². The van der Waals surface area contributed by atoms with E-state index in [4.69, 9.17) is 37.5 Å². The number of fused-ring (bicyclic) bond motifs is 4. The Morgan fingerprint density at radius 1 is 1.06 bits per heavy atom. The molecule has 3 N–H and O–H groups in total. The quantitative estimate of drug-likeness (QED) is 0.264. The van der Waals surface area contributed by atoms with Gasteiger partial charge in [0.2, 0.25) is 0 Å². The van der Waals surface area contributed by atoms with Crippen molar-refractivity contribution in [1.82, 2.24) is 10.2 Å². The first-order valence-electron chi connectivity index (χ1n) is 18.4. The Bertz CT molecular complexity index is 1700. The van der Waals surface area contributed by atoms with E-state index in [-0.39, 0.29) is 30.1 Å². The van der Waals surface area contributed by atoms with E-state index in [1.54, 1.807) is 25.2 Å². The fourth-order valence-electron chi connectivity index (χ4n) is 9.54. The smallest absolute Gasteiger partial charge is 0.323 e. The maximum absolute atomic E-state index is 14.2. The molecule has 0 spiro atoms. The highest BCUT2D eigenvalue weighted by Gasteiger charge is 2.62. The molecule has 1 unspecified atom stereocenters. The first-order chi connectivity index (χ1) is 24.7. The SMILES string of the molecule is CC(=O)O[C@@H]1C(C)=C[C@@H]2[C@H](C(C)CN3CCN(c4ccc(Cl)cc4)CC3)CC[C@@H](C)[C@]2(O)[C@H]1OC(=O)[C@@H]1C[C@@]2(O)c3cccc(Cl)c3N(C)O[C@H]2N1. The van der Waals surface area contributed by atoms with Crippen LogP contribution in [0, 0.1) is 23.7 Å². The zero-order valence-electron chi connectivity index (χ0n) is 30.4. The highest BCUT2D eigenvalue weighted by atomic mass is 35.5. The van der Waals surface area contributed by atoms with E-state index in [9.17, 15) is 19.8 Å². The van der Waals surface area contributed by atoms with Crippen molar-refractivity contribution in [3.8, 4) is 0 Å². The minimum absolute atomic E-state index is 0.0419. The number of aliphatic hydroxyl groups is 2. The van der Waals surface area contributed by atoms with Crippen molar-refractivity contribution in [3.05, 3.63) is 69.7 Å². The van der Waals surface area contributed by atoms with Crippen molar-refractivity contribution >= 4 is 46.5 Å². The van der Waals surface area contributed by atoms with Crippen LogP contribution in [0.4, 0.5) is 11.4 Å². The van der Waals surface area contributed by atoms with E-state index in [1.807, 2.05) is 26.0 Å². The minimum atomic E-state index is -1.56. The number of hydroxylamine groups is 1. The van der Waals surface area contributed by atoms with E-state index in [1.165, 1.54) is 17.7 Å². The molecule has 11 nitrogen and oxygen atoms in total. The molecule has 282 valence electrons. The van der Waals surface area contributed by atoms with Crippen LogP contribution in [0.15, 0.2) is 54.1 Å². The minimum Gasteiger partial charge on any atom is -0.454 e. The molecule has 3 aliphatic heterocycles. The summed E-state index contributed by atoms with van der Waals surface area (Å²) in [6.07, 6.45) is 0.587. The van der Waals surface area contributed by atoms with Gasteiger partial charge >= 0.3 is 11.9 Å². The summed E-state index contributed by atoms with van der Waals surface area (Å²) in [5.41, 5.74) is -0.0856. The van der Waals surface area contributed by atoms with Crippen LogP contribution in [0.3, 0.4) is 0 Å². The highest BCUT2D eigenvalue weighted by molar-refractivity contribution is 6.33. The number of halogens is 2. The van der Waals surface area contributed by atoms with Crippen LogP contribution in [0.25, 0.3) is 0 Å². The van der Waals surface area contributed by atoms with Crippen molar-refractivity contribution < 1.29 is 34.1 Å². The summed E-state index contributed by atoms with van der Waals surface area (Å²) in [5, 5.41) is 30.6. The molecule has 0 aromatic heterocycles. The van der Waals surface area contributed by atoms with Gasteiger partial charge in [0.05, 0.1) is 10.7 Å². The lowest BCUT2D eigenvalue weighted by Gasteiger charge is -2.56. The standard InChI is InChI=1S/C39H50Cl2N4O7/c1-22-19-30-28(23(2)21-44-15-17-45(18-16-44)27-12-10-26(40)11-13-27)14-9-24(3)39(30,49)35(34(22)50-25(4)46)51-36(47)32-20-38(48)29-7-6-8-31(41)33(29)43(5)52-37(38)42-32/h6-8,10-13,19,23-24,28,30,32,34-35,37,42,48-49H,9,14-18,20-21H2,1-5H3/t23?,24-,28+,30-,32+,34-,35+,37-,38-,39-/m1/s1. The van der Waals surface area contributed by atoms with Crippen molar-refractivity contribution in [2.24, 2.45) is 23.7 Å². The molecule has 52 heavy (non-hydrogen) atoms. The third-order valence-corrected chi connectivity index (χ3v) is 12.9. The fourth-order valence-corrected chi connectivity index (χ4v) is 9.96. The number of carbonyl (C=O) groups excluding carboxylic acids is 2. The third kappa shape index (κ3) is 6.61. The number of esters is 2. The topological polar surface area (TPSA) is 124 Å². The number of nitrogens with zero attached hydrogens (tertiary/aromatic N) is 3. The van der Waals surface area contributed by atoms with Crippen molar-refractivity contribution in [2.75, 3.05) is 49.7 Å². The van der Waals surface area contributed by atoms with E-state index in [0.29, 0.717) is 16.3 Å². The monoisotopic (exact) mass is 756 g/mol. The van der Waals surface area contributed by atoms with Gasteiger partial charge in [-0.2, -0.15) is 0 Å². The lowest BCUT2D eigenvalue weighted by atomic mass is 9.55. The number of anilines is 2. The summed E-state index contributed by atoms with van der Waals surface area (Å²) in [6.45, 7) is 12.0. The van der Waals surface area contributed by atoms with Gasteiger partial charge in [0.25, 0.3) is 0 Å². The summed E-state index contributed by atoms with van der Waals surface area (Å²) in [6, 6.07) is 12.2. The number of carbonyl (C=O) groups is 2. The maximum atomic E-state index is 14.2. The summed E-state index contributed by atoms with van der Waals surface area (Å²) < 4.78 is 12.2. The molecule has 0 bridgehead atoms. The molecule has 5 aliphatic rings. The van der Waals surface area contributed by atoms with Crippen LogP contribution < -0.4 is 15.3 Å². The van der Waals surface area contributed by atoms with Crippen molar-refractivity contribution in [1.29, 1.82) is 0 Å². The lowest BCUT2D eigenvalue weighted by molar-refractivity contribution is -0.225. The fraction of sp³-hybridized carbons (Fsp3) is 0.590. The first kappa shape index (κ1) is 37.4.